The molecule has 2 aromatic rings. The Kier molecular flexibility index (Phi) is 8.54. The molecule has 2 fully saturated rings. The van der Waals surface area contributed by atoms with E-state index in [0.717, 1.165) is 11.3 Å². The van der Waals surface area contributed by atoms with Crippen LogP contribution in [0.5, 0.6) is 5.75 Å². The fourth-order valence-corrected chi connectivity index (χ4v) is 5.66. The lowest BCUT2D eigenvalue weighted by atomic mass is 9.85. The molecule has 8 N–H and O–H groups in total. The molecule has 18 heteroatoms. The second-order valence-electron chi connectivity index (χ2n) is 9.34. The summed E-state index contributed by atoms with van der Waals surface area (Å²) in [5.74, 6) is -1.03. The fraction of sp³-hybridized carbons (Fsp3) is 0.409. The number of ether oxygens (including phenoxy) is 1. The molecule has 0 bridgehead atoms. The van der Waals surface area contributed by atoms with Gasteiger partial charge in [0.05, 0.1) is 11.6 Å². The second kappa shape index (κ2) is 11.7. The highest BCUT2D eigenvalue weighted by atomic mass is 32.2. The normalized spacial score (nSPS) is 19.2. The fourth-order valence-electron chi connectivity index (χ4n) is 4.08. The van der Waals surface area contributed by atoms with E-state index in [0.29, 0.717) is 30.2 Å². The number of hydrazine groups is 1. The number of rotatable bonds is 11. The first-order valence-electron chi connectivity index (χ1n) is 12.0. The third-order valence-corrected chi connectivity index (χ3v) is 7.86. The Morgan fingerprint density at radius 3 is 2.52 bits per heavy atom. The topological polar surface area (TPSA) is 233 Å². The first-order valence-corrected chi connectivity index (χ1v) is 14.2. The van der Waals surface area contributed by atoms with Crippen LogP contribution in [-0.2, 0) is 24.7 Å². The van der Waals surface area contributed by atoms with Gasteiger partial charge < -0.3 is 25.9 Å². The summed E-state index contributed by atoms with van der Waals surface area (Å²) in [4.78, 5) is 34.6. The number of carbonyl (C=O) groups is 2. The Morgan fingerprint density at radius 2 is 1.95 bits per heavy atom. The highest BCUT2D eigenvalue weighted by molar-refractivity contribution is 7.84. The Bertz CT molecular complexity index is 1400. The lowest BCUT2D eigenvalue weighted by molar-refractivity contribution is -0.151. The van der Waals surface area contributed by atoms with Gasteiger partial charge in [0.1, 0.15) is 29.9 Å². The molecular formula is C22H29N9O7S2. The van der Waals surface area contributed by atoms with E-state index >= 15 is 0 Å². The molecule has 1 aromatic carbocycles. The molecule has 2 amide bonds. The predicted octanol–water partition coefficient (Wildman–Crippen LogP) is -1.18. The van der Waals surface area contributed by atoms with Crippen molar-refractivity contribution in [3.63, 3.8) is 0 Å². The zero-order valence-electron chi connectivity index (χ0n) is 21.5. The maximum absolute atomic E-state index is 13.0. The molecule has 4 rings (SSSR count). The lowest BCUT2D eigenvalue weighted by Crippen LogP contribution is -2.77. The van der Waals surface area contributed by atoms with Crippen LogP contribution in [-0.4, -0.2) is 89.5 Å². The van der Waals surface area contributed by atoms with E-state index in [2.05, 4.69) is 31.6 Å². The number of hydrogen-bond acceptors (Lipinski definition) is 13. The second-order valence-corrected chi connectivity index (χ2v) is 11.5. The summed E-state index contributed by atoms with van der Waals surface area (Å²) < 4.78 is 38.2. The molecule has 0 spiro atoms. The predicted molar refractivity (Wildman–Crippen MR) is 145 cm³/mol. The van der Waals surface area contributed by atoms with Crippen molar-refractivity contribution < 1.29 is 32.1 Å². The summed E-state index contributed by atoms with van der Waals surface area (Å²) in [6.07, 6.45) is 0. The van der Waals surface area contributed by atoms with E-state index < -0.39 is 33.7 Å². The van der Waals surface area contributed by atoms with Gasteiger partial charge in [0.25, 0.3) is 11.8 Å². The van der Waals surface area contributed by atoms with Gasteiger partial charge in [0, 0.05) is 24.0 Å². The molecule has 0 saturated carbocycles. The van der Waals surface area contributed by atoms with Crippen LogP contribution < -0.4 is 32.0 Å². The van der Waals surface area contributed by atoms with E-state index in [1.165, 1.54) is 19.2 Å². The number of nitrogens with two attached hydrogens (primary N) is 1. The Morgan fingerprint density at radius 1 is 1.27 bits per heavy atom. The minimum absolute atomic E-state index is 0.0540. The molecule has 2 aliphatic rings. The monoisotopic (exact) mass is 595 g/mol. The third-order valence-electron chi connectivity index (χ3n) is 6.08. The summed E-state index contributed by atoms with van der Waals surface area (Å²) in [5.41, 5.74) is 10.8. The van der Waals surface area contributed by atoms with Crippen molar-refractivity contribution in [3.05, 3.63) is 40.9 Å². The van der Waals surface area contributed by atoms with Gasteiger partial charge in [0.15, 0.2) is 17.5 Å². The van der Waals surface area contributed by atoms with Gasteiger partial charge in [0.2, 0.25) is 0 Å². The Labute approximate surface area is 233 Å². The van der Waals surface area contributed by atoms with Gasteiger partial charge in [-0.3, -0.25) is 30.4 Å². The first-order chi connectivity index (χ1) is 18.9. The molecule has 40 heavy (non-hydrogen) atoms. The summed E-state index contributed by atoms with van der Waals surface area (Å²) in [7, 11) is -4.80. The number of nitrogens with zero attached hydrogens (tertiary/aromatic N) is 3. The number of anilines is 1. The molecule has 2 aliphatic heterocycles. The van der Waals surface area contributed by atoms with E-state index in [4.69, 9.17) is 20.7 Å². The molecule has 0 unspecified atom stereocenters. The van der Waals surface area contributed by atoms with Crippen LogP contribution in [0.3, 0.4) is 0 Å². The maximum Gasteiger partial charge on any atom is 0.362 e. The highest BCUT2D eigenvalue weighted by Gasteiger charge is 2.60. The van der Waals surface area contributed by atoms with E-state index in [-0.39, 0.29) is 40.1 Å². The van der Waals surface area contributed by atoms with Crippen LogP contribution in [0.15, 0.2) is 34.8 Å². The van der Waals surface area contributed by atoms with Crippen molar-refractivity contribution in [3.8, 4) is 5.75 Å². The summed E-state index contributed by atoms with van der Waals surface area (Å²) in [5, 5.41) is 19.2. The van der Waals surface area contributed by atoms with Gasteiger partial charge in [-0.1, -0.05) is 5.16 Å². The van der Waals surface area contributed by atoms with Crippen LogP contribution in [0.4, 0.5) is 5.13 Å². The van der Waals surface area contributed by atoms with E-state index in [9.17, 15) is 22.6 Å². The Balaban J connectivity index is 1.32. The van der Waals surface area contributed by atoms with Crippen molar-refractivity contribution in [1.82, 2.24) is 30.8 Å². The van der Waals surface area contributed by atoms with Crippen molar-refractivity contribution in [2.45, 2.75) is 31.5 Å². The number of oxime groups is 1. The van der Waals surface area contributed by atoms with Crippen LogP contribution in [0, 0.1) is 5.41 Å². The quantitative estimate of drug-likeness (QED) is 0.0406. The number of nitrogens with one attached hydrogen (secondary N) is 5. The average molecular weight is 596 g/mol. The van der Waals surface area contributed by atoms with Crippen molar-refractivity contribution in [2.75, 3.05) is 32.0 Å². The van der Waals surface area contributed by atoms with Crippen molar-refractivity contribution >= 4 is 50.1 Å². The molecular weight excluding hydrogens is 566 g/mol. The number of hydrogen-bond donors (Lipinski definition) is 7. The maximum atomic E-state index is 13.0. The molecule has 2 saturated heterocycles. The van der Waals surface area contributed by atoms with Crippen LogP contribution in [0.2, 0.25) is 0 Å². The lowest BCUT2D eigenvalue weighted by Gasteiger charge is -2.50. The number of β-lactam (4-membered cyclic amide) rings is 1. The number of aromatic nitrogens is 1. The zero-order chi connectivity index (χ0) is 29.1. The van der Waals surface area contributed by atoms with Crippen LogP contribution >= 0.6 is 11.3 Å². The summed E-state index contributed by atoms with van der Waals surface area (Å²) in [6.45, 7) is 4.19. The molecule has 216 valence electrons. The van der Waals surface area contributed by atoms with Gasteiger partial charge >= 0.3 is 10.3 Å². The molecule has 3 heterocycles. The highest BCUT2D eigenvalue weighted by Crippen LogP contribution is 2.34. The molecule has 0 radical (unpaired) electrons. The third kappa shape index (κ3) is 6.48. The van der Waals surface area contributed by atoms with Gasteiger partial charge in [-0.05, 0) is 38.1 Å². The summed E-state index contributed by atoms with van der Waals surface area (Å²) >= 11 is 1.06. The number of carbonyl (C=O) groups excluding carboxylic acids is 2. The van der Waals surface area contributed by atoms with Gasteiger partial charge in [-0.25, -0.2) is 9.29 Å². The SMILES string of the molecule is CC1(C)[C@H](NC(=O)C(=NOCCOc2ccc(C(=N)NC3CNNC3)cc2)c2csc(N)n2)C(=O)N1S(=O)(=O)O. The van der Waals surface area contributed by atoms with E-state index in [1.54, 1.807) is 24.3 Å². The van der Waals surface area contributed by atoms with Gasteiger partial charge in [-0.2, -0.15) is 8.42 Å². The minimum Gasteiger partial charge on any atom is -0.490 e. The largest absolute Gasteiger partial charge is 0.490 e. The molecule has 1 atom stereocenters. The average Bonchev–Trinajstić information content (AvgIpc) is 3.55. The minimum atomic E-state index is -4.80. The number of amides is 2. The number of nitrogen functional groups attached to an aromatic ring is 1. The molecule has 0 aliphatic carbocycles. The van der Waals surface area contributed by atoms with Crippen LogP contribution in [0.25, 0.3) is 0 Å². The number of thiazole rings is 1. The van der Waals surface area contributed by atoms with Crippen molar-refractivity contribution in [1.29, 1.82) is 5.41 Å². The standard InChI is InChI=1S/C22H29N9O7S2/c1-22(2)17(20(33)31(22)40(34,35)36)29-19(32)16(15-11-39-21(24)28-15)30-38-8-7-37-14-5-3-12(4-6-14)18(23)27-13-9-25-26-10-13/h3-6,11,13,17,25-26H,7-10H2,1-2H3,(H2,23,27)(H2,24,28)(H,29,32)(H,34,35,36)/t17-/m1/s1. The number of benzene rings is 1. The molecule has 1 aromatic heterocycles. The smallest absolute Gasteiger partial charge is 0.362 e. The van der Waals surface area contributed by atoms with Crippen LogP contribution in [0.1, 0.15) is 25.1 Å². The first kappa shape index (κ1) is 29.2. The summed E-state index contributed by atoms with van der Waals surface area (Å²) in [6, 6.07) is 5.80. The van der Waals surface area contributed by atoms with E-state index in [1.807, 2.05) is 0 Å². The van der Waals surface area contributed by atoms with Gasteiger partial charge in [-0.15, -0.1) is 11.3 Å². The zero-order valence-corrected chi connectivity index (χ0v) is 23.1. The molecule has 16 nitrogen and oxygen atoms in total. The number of amidine groups is 1. The van der Waals surface area contributed by atoms with Crippen molar-refractivity contribution in [2.24, 2.45) is 5.16 Å². The Hall–Kier alpha value is -3.84.